The Balaban J connectivity index is 2.37. The van der Waals surface area contributed by atoms with E-state index in [0.29, 0.717) is 25.6 Å². The summed E-state index contributed by atoms with van der Waals surface area (Å²) in [7, 11) is 0. The fraction of sp³-hybridized carbons (Fsp3) is 0.688. The van der Waals surface area contributed by atoms with Crippen LogP contribution in [0.15, 0.2) is 10.4 Å². The van der Waals surface area contributed by atoms with E-state index in [1.165, 1.54) is 0 Å². The first-order valence-electron chi connectivity index (χ1n) is 8.26. The number of alkyl carbamates (subject to hydrolysis) is 1. The van der Waals surface area contributed by atoms with Crippen molar-refractivity contribution in [1.82, 2.24) is 20.9 Å². The van der Waals surface area contributed by atoms with Crippen LogP contribution in [0.3, 0.4) is 0 Å². The summed E-state index contributed by atoms with van der Waals surface area (Å²) in [6.45, 7) is 11.9. The average Bonchev–Trinajstić information content (AvgIpc) is 2.95. The molecule has 0 radical (unpaired) electrons. The number of rotatable bonds is 7. The second kappa shape index (κ2) is 10.1. The highest BCUT2D eigenvalue weighted by atomic mass is 32.1. The third-order valence-corrected chi connectivity index (χ3v) is 3.77. The number of guanidine groups is 1. The SMILES string of the molecule is CCNC(=NCc1csc(CC)n1)NCCNC(=O)OC(C)(C)C. The normalized spacial score (nSPS) is 12.0. The van der Waals surface area contributed by atoms with Crippen LogP contribution in [-0.4, -0.2) is 42.3 Å². The number of carbonyl (C=O) groups is 1. The highest BCUT2D eigenvalue weighted by Crippen LogP contribution is 2.10. The number of nitrogens with zero attached hydrogens (tertiary/aromatic N) is 2. The highest BCUT2D eigenvalue weighted by Gasteiger charge is 2.15. The Hall–Kier alpha value is -1.83. The maximum atomic E-state index is 11.6. The zero-order valence-electron chi connectivity index (χ0n) is 15.2. The molecule has 0 aliphatic rings. The second-order valence-electron chi connectivity index (χ2n) is 6.14. The molecule has 8 heteroatoms. The number of carbonyl (C=O) groups excluding carboxylic acids is 1. The van der Waals surface area contributed by atoms with Crippen molar-refractivity contribution in [2.24, 2.45) is 4.99 Å². The van der Waals surface area contributed by atoms with E-state index in [4.69, 9.17) is 4.74 Å². The molecule has 1 heterocycles. The second-order valence-corrected chi connectivity index (χ2v) is 7.08. The summed E-state index contributed by atoms with van der Waals surface area (Å²) >= 11 is 1.66. The van der Waals surface area contributed by atoms with E-state index in [-0.39, 0.29) is 0 Å². The smallest absolute Gasteiger partial charge is 0.407 e. The molecule has 0 aromatic carbocycles. The summed E-state index contributed by atoms with van der Waals surface area (Å²) in [6, 6.07) is 0. The van der Waals surface area contributed by atoms with Gasteiger partial charge in [-0.05, 0) is 34.1 Å². The molecule has 1 aromatic rings. The van der Waals surface area contributed by atoms with Crippen molar-refractivity contribution in [3.8, 4) is 0 Å². The van der Waals surface area contributed by atoms with Crippen molar-refractivity contribution >= 4 is 23.4 Å². The molecule has 0 unspecified atom stereocenters. The summed E-state index contributed by atoms with van der Waals surface area (Å²) < 4.78 is 5.18. The van der Waals surface area contributed by atoms with Gasteiger partial charge in [-0.25, -0.2) is 14.8 Å². The number of amides is 1. The van der Waals surface area contributed by atoms with Crippen LogP contribution in [0.2, 0.25) is 0 Å². The molecule has 136 valence electrons. The topological polar surface area (TPSA) is 87.6 Å². The average molecular weight is 356 g/mol. The number of hydrogen-bond acceptors (Lipinski definition) is 5. The quantitative estimate of drug-likeness (QED) is 0.397. The third-order valence-electron chi connectivity index (χ3n) is 2.73. The molecule has 0 atom stereocenters. The van der Waals surface area contributed by atoms with Crippen LogP contribution in [0.25, 0.3) is 0 Å². The fourth-order valence-electron chi connectivity index (χ4n) is 1.75. The van der Waals surface area contributed by atoms with E-state index < -0.39 is 11.7 Å². The molecule has 0 saturated carbocycles. The summed E-state index contributed by atoms with van der Waals surface area (Å²) in [6.07, 6.45) is 0.532. The summed E-state index contributed by atoms with van der Waals surface area (Å²) in [5.74, 6) is 0.703. The lowest BCUT2D eigenvalue weighted by Gasteiger charge is -2.19. The van der Waals surface area contributed by atoms with Crippen molar-refractivity contribution in [1.29, 1.82) is 0 Å². The Bertz CT molecular complexity index is 537. The number of aromatic nitrogens is 1. The van der Waals surface area contributed by atoms with Crippen LogP contribution in [0.1, 0.15) is 45.3 Å². The Labute approximate surface area is 148 Å². The molecule has 3 N–H and O–H groups in total. The number of aryl methyl sites for hydroxylation is 1. The van der Waals surface area contributed by atoms with Crippen LogP contribution in [0.4, 0.5) is 4.79 Å². The number of ether oxygens (including phenoxy) is 1. The maximum Gasteiger partial charge on any atom is 0.407 e. The number of nitrogens with one attached hydrogen (secondary N) is 3. The van der Waals surface area contributed by atoms with Gasteiger partial charge in [-0.3, -0.25) is 0 Å². The van der Waals surface area contributed by atoms with Crippen LogP contribution < -0.4 is 16.0 Å². The minimum Gasteiger partial charge on any atom is -0.444 e. The van der Waals surface area contributed by atoms with Crippen molar-refractivity contribution in [3.05, 3.63) is 16.1 Å². The van der Waals surface area contributed by atoms with E-state index in [1.807, 2.05) is 33.1 Å². The van der Waals surface area contributed by atoms with Crippen molar-refractivity contribution < 1.29 is 9.53 Å². The molecule has 0 saturated heterocycles. The molecule has 1 aromatic heterocycles. The molecule has 0 bridgehead atoms. The van der Waals surface area contributed by atoms with Gasteiger partial charge in [0.1, 0.15) is 5.60 Å². The monoisotopic (exact) mass is 355 g/mol. The summed E-state index contributed by atoms with van der Waals surface area (Å²) in [4.78, 5) is 20.6. The molecule has 7 nitrogen and oxygen atoms in total. The van der Waals surface area contributed by atoms with Crippen molar-refractivity contribution in [3.63, 3.8) is 0 Å². The molecule has 24 heavy (non-hydrogen) atoms. The maximum absolute atomic E-state index is 11.6. The predicted molar refractivity (Wildman–Crippen MR) is 98.5 cm³/mol. The van der Waals surface area contributed by atoms with Crippen molar-refractivity contribution in [2.45, 2.75) is 53.2 Å². The molecule has 0 fully saturated rings. The van der Waals surface area contributed by atoms with E-state index >= 15 is 0 Å². The van der Waals surface area contributed by atoms with E-state index in [0.717, 1.165) is 23.7 Å². The highest BCUT2D eigenvalue weighted by molar-refractivity contribution is 7.09. The summed E-state index contributed by atoms with van der Waals surface area (Å²) in [5, 5.41) is 12.2. The largest absolute Gasteiger partial charge is 0.444 e. The molecular weight excluding hydrogens is 326 g/mol. The van der Waals surface area contributed by atoms with Gasteiger partial charge in [-0.2, -0.15) is 0 Å². The fourth-order valence-corrected chi connectivity index (χ4v) is 2.48. The molecular formula is C16H29N5O2S. The number of aliphatic imine (C=N–C) groups is 1. The lowest BCUT2D eigenvalue weighted by Crippen LogP contribution is -2.42. The van der Waals surface area contributed by atoms with Gasteiger partial charge < -0.3 is 20.7 Å². The van der Waals surface area contributed by atoms with Gasteiger partial charge in [-0.1, -0.05) is 6.92 Å². The minimum absolute atomic E-state index is 0.416. The Morgan fingerprint density at radius 3 is 2.54 bits per heavy atom. The van der Waals surface area contributed by atoms with Gasteiger partial charge >= 0.3 is 6.09 Å². The van der Waals surface area contributed by atoms with Gasteiger partial charge in [0.2, 0.25) is 0 Å². The van der Waals surface area contributed by atoms with E-state index in [9.17, 15) is 4.79 Å². The first-order chi connectivity index (χ1) is 11.3. The van der Waals surface area contributed by atoms with Gasteiger partial charge in [0, 0.05) is 25.0 Å². The van der Waals surface area contributed by atoms with Crippen LogP contribution >= 0.6 is 11.3 Å². The van der Waals surface area contributed by atoms with Crippen LogP contribution in [-0.2, 0) is 17.7 Å². The van der Waals surface area contributed by atoms with E-state index in [2.05, 4.69) is 32.9 Å². The van der Waals surface area contributed by atoms with Gasteiger partial charge in [0.05, 0.1) is 17.2 Å². The Morgan fingerprint density at radius 2 is 1.96 bits per heavy atom. The lowest BCUT2D eigenvalue weighted by atomic mass is 10.2. The number of hydrogen-bond donors (Lipinski definition) is 3. The Kier molecular flexibility index (Phi) is 8.53. The summed E-state index contributed by atoms with van der Waals surface area (Å²) in [5.41, 5.74) is 0.486. The van der Waals surface area contributed by atoms with Gasteiger partial charge in [0.15, 0.2) is 5.96 Å². The minimum atomic E-state index is -0.487. The lowest BCUT2D eigenvalue weighted by molar-refractivity contribution is 0.0529. The molecule has 1 amide bonds. The molecule has 0 aliphatic carbocycles. The standard InChI is InChI=1S/C16H29N5O2S/c1-6-13-21-12(11-24-13)10-20-14(17-7-2)18-8-9-19-15(22)23-16(3,4)5/h11H,6-10H2,1-5H3,(H,19,22)(H2,17,18,20). The number of thiazole rings is 1. The van der Waals surface area contributed by atoms with Crippen LogP contribution in [0, 0.1) is 0 Å². The molecule has 0 aliphatic heterocycles. The first-order valence-corrected chi connectivity index (χ1v) is 9.14. The van der Waals surface area contributed by atoms with Gasteiger partial charge in [0.25, 0.3) is 0 Å². The van der Waals surface area contributed by atoms with E-state index in [1.54, 1.807) is 11.3 Å². The Morgan fingerprint density at radius 1 is 1.25 bits per heavy atom. The van der Waals surface area contributed by atoms with Crippen LogP contribution in [0.5, 0.6) is 0 Å². The zero-order chi connectivity index (χ0) is 18.0. The first kappa shape index (κ1) is 20.2. The zero-order valence-corrected chi connectivity index (χ0v) is 16.0. The third kappa shape index (κ3) is 8.71. The van der Waals surface area contributed by atoms with Gasteiger partial charge in [-0.15, -0.1) is 11.3 Å². The molecule has 1 rings (SSSR count). The predicted octanol–water partition coefficient (Wildman–Crippen LogP) is 2.29. The molecule has 0 spiro atoms. The van der Waals surface area contributed by atoms with Crippen molar-refractivity contribution in [2.75, 3.05) is 19.6 Å².